The largest absolute Gasteiger partial charge is 0.365 e. The molecule has 13 heavy (non-hydrogen) atoms. The van der Waals surface area contributed by atoms with E-state index in [4.69, 9.17) is 0 Å². The fourth-order valence-corrected chi connectivity index (χ4v) is 1.67. The highest BCUT2D eigenvalue weighted by atomic mass is 15.1. The van der Waals surface area contributed by atoms with Crippen LogP contribution in [0.3, 0.4) is 0 Å². The van der Waals surface area contributed by atoms with Crippen LogP contribution in [0, 0.1) is 6.92 Å². The Morgan fingerprint density at radius 3 is 2.77 bits per heavy atom. The first-order valence-corrected chi connectivity index (χ1v) is 4.76. The number of nitrogens with zero attached hydrogens (tertiary/aromatic N) is 2. The zero-order valence-electron chi connectivity index (χ0n) is 8.17. The molecule has 0 bridgehead atoms. The van der Waals surface area contributed by atoms with Crippen LogP contribution in [0.15, 0.2) is 12.3 Å². The predicted octanol–water partition coefficient (Wildman–Crippen LogP) is 2.14. The van der Waals surface area contributed by atoms with Gasteiger partial charge in [0, 0.05) is 11.7 Å². The summed E-state index contributed by atoms with van der Waals surface area (Å²) in [5, 5.41) is 3.44. The van der Waals surface area contributed by atoms with Gasteiger partial charge in [0.05, 0.1) is 0 Å². The van der Waals surface area contributed by atoms with Crippen LogP contribution in [-0.4, -0.2) is 15.5 Å². The van der Waals surface area contributed by atoms with Gasteiger partial charge in [0.2, 0.25) is 0 Å². The Labute approximate surface area is 78.6 Å². The maximum Gasteiger partial charge on any atom is 0.130 e. The van der Waals surface area contributed by atoms with Crippen LogP contribution >= 0.6 is 0 Å². The van der Waals surface area contributed by atoms with Crippen LogP contribution < -0.4 is 5.32 Å². The van der Waals surface area contributed by atoms with Gasteiger partial charge in [-0.05, 0) is 39.2 Å². The van der Waals surface area contributed by atoms with Crippen LogP contribution in [0.4, 0.5) is 5.82 Å². The summed E-state index contributed by atoms with van der Waals surface area (Å²) in [6, 6.07) is 1.93. The molecule has 70 valence electrons. The number of hydrogen-bond donors (Lipinski definition) is 1. The van der Waals surface area contributed by atoms with Gasteiger partial charge in [-0.25, -0.2) is 9.97 Å². The molecule has 3 heteroatoms. The minimum Gasteiger partial charge on any atom is -0.365 e. The molecule has 0 atom stereocenters. The lowest BCUT2D eigenvalue weighted by atomic mass is 9.78. The molecule has 0 saturated heterocycles. The summed E-state index contributed by atoms with van der Waals surface area (Å²) in [4.78, 5) is 8.38. The Kier molecular flexibility index (Phi) is 1.94. The zero-order valence-corrected chi connectivity index (χ0v) is 8.17. The number of anilines is 1. The van der Waals surface area contributed by atoms with Crippen molar-refractivity contribution in [3.63, 3.8) is 0 Å². The van der Waals surface area contributed by atoms with Crippen molar-refractivity contribution >= 4 is 5.82 Å². The van der Waals surface area contributed by atoms with Crippen molar-refractivity contribution in [2.75, 3.05) is 5.32 Å². The second-order valence-corrected chi connectivity index (χ2v) is 4.03. The zero-order chi connectivity index (χ0) is 9.31. The highest BCUT2D eigenvalue weighted by Gasteiger charge is 2.31. The summed E-state index contributed by atoms with van der Waals surface area (Å²) < 4.78 is 0. The fourth-order valence-electron chi connectivity index (χ4n) is 1.67. The molecular weight excluding hydrogens is 162 g/mol. The van der Waals surface area contributed by atoms with Gasteiger partial charge < -0.3 is 5.32 Å². The molecule has 0 radical (unpaired) electrons. The summed E-state index contributed by atoms with van der Waals surface area (Å²) in [7, 11) is 0. The van der Waals surface area contributed by atoms with Gasteiger partial charge in [0.15, 0.2) is 0 Å². The summed E-state index contributed by atoms with van der Waals surface area (Å²) in [5.74, 6) is 1.78. The van der Waals surface area contributed by atoms with Gasteiger partial charge in [0.1, 0.15) is 11.6 Å². The van der Waals surface area contributed by atoms with Gasteiger partial charge in [-0.2, -0.15) is 0 Å². The van der Waals surface area contributed by atoms with Crippen molar-refractivity contribution in [2.24, 2.45) is 0 Å². The van der Waals surface area contributed by atoms with Crippen molar-refractivity contribution < 1.29 is 0 Å². The van der Waals surface area contributed by atoms with E-state index < -0.39 is 0 Å². The van der Waals surface area contributed by atoms with Crippen molar-refractivity contribution in [2.45, 2.75) is 38.6 Å². The molecule has 0 aromatic carbocycles. The third kappa shape index (κ3) is 1.79. The molecule has 3 nitrogen and oxygen atoms in total. The summed E-state index contributed by atoms with van der Waals surface area (Å²) in [6.45, 7) is 4.15. The third-order valence-electron chi connectivity index (χ3n) is 2.66. The second kappa shape index (κ2) is 2.98. The molecule has 1 aliphatic rings. The molecule has 0 unspecified atom stereocenters. The Morgan fingerprint density at radius 2 is 2.23 bits per heavy atom. The summed E-state index contributed by atoms with van der Waals surface area (Å²) >= 11 is 0. The number of nitrogens with one attached hydrogen (secondary N) is 1. The van der Waals surface area contributed by atoms with E-state index in [0.29, 0.717) is 0 Å². The molecular formula is C10H15N3. The molecule has 1 fully saturated rings. The number of aromatic nitrogens is 2. The standard InChI is InChI=1S/C10H15N3/c1-8-11-7-4-9(12-8)13-10(2)5-3-6-10/h4,7H,3,5-6H2,1-2H3,(H,11,12,13). The molecule has 0 spiro atoms. The van der Waals surface area contributed by atoms with Crippen LogP contribution in [0.2, 0.25) is 0 Å². The molecule has 1 aliphatic carbocycles. The SMILES string of the molecule is Cc1nccc(NC2(C)CCC2)n1. The molecule has 0 amide bonds. The molecule has 1 saturated carbocycles. The third-order valence-corrected chi connectivity index (χ3v) is 2.66. The van der Waals surface area contributed by atoms with Crippen molar-refractivity contribution in [1.29, 1.82) is 0 Å². The first-order chi connectivity index (χ1) is 6.18. The lowest BCUT2D eigenvalue weighted by molar-refractivity contribution is 0.305. The van der Waals surface area contributed by atoms with E-state index in [1.807, 2.05) is 13.0 Å². The summed E-state index contributed by atoms with van der Waals surface area (Å²) in [6.07, 6.45) is 5.62. The second-order valence-electron chi connectivity index (χ2n) is 4.03. The van der Waals surface area contributed by atoms with Gasteiger partial charge >= 0.3 is 0 Å². The number of hydrogen-bond acceptors (Lipinski definition) is 3. The molecule has 0 aliphatic heterocycles. The Balaban J connectivity index is 2.09. The topological polar surface area (TPSA) is 37.8 Å². The minimum absolute atomic E-state index is 0.279. The minimum atomic E-state index is 0.279. The van der Waals surface area contributed by atoms with Crippen molar-refractivity contribution in [3.8, 4) is 0 Å². The number of aryl methyl sites for hydroxylation is 1. The van der Waals surface area contributed by atoms with Crippen LogP contribution in [-0.2, 0) is 0 Å². The van der Waals surface area contributed by atoms with Crippen LogP contribution in [0.5, 0.6) is 0 Å². The number of rotatable bonds is 2. The van der Waals surface area contributed by atoms with Crippen molar-refractivity contribution in [1.82, 2.24) is 9.97 Å². The summed E-state index contributed by atoms with van der Waals surface area (Å²) in [5.41, 5.74) is 0.279. The van der Waals surface area contributed by atoms with Crippen LogP contribution in [0.1, 0.15) is 32.0 Å². The smallest absolute Gasteiger partial charge is 0.130 e. The molecule has 2 rings (SSSR count). The highest BCUT2D eigenvalue weighted by Crippen LogP contribution is 2.33. The monoisotopic (exact) mass is 177 g/mol. The lowest BCUT2D eigenvalue weighted by Crippen LogP contribution is -2.41. The fraction of sp³-hybridized carbons (Fsp3) is 0.600. The average Bonchev–Trinajstić information content (AvgIpc) is 2.01. The molecule has 1 heterocycles. The van der Waals surface area contributed by atoms with E-state index >= 15 is 0 Å². The van der Waals surface area contributed by atoms with E-state index in [2.05, 4.69) is 22.2 Å². The maximum absolute atomic E-state index is 4.32. The first-order valence-electron chi connectivity index (χ1n) is 4.76. The van der Waals surface area contributed by atoms with Crippen molar-refractivity contribution in [3.05, 3.63) is 18.1 Å². The Bertz CT molecular complexity index is 305. The molecule has 1 aromatic heterocycles. The van der Waals surface area contributed by atoms with E-state index in [-0.39, 0.29) is 5.54 Å². The van der Waals surface area contributed by atoms with Gasteiger partial charge in [-0.15, -0.1) is 0 Å². The normalized spacial score (nSPS) is 19.2. The average molecular weight is 177 g/mol. The van der Waals surface area contributed by atoms with E-state index in [1.54, 1.807) is 6.20 Å². The van der Waals surface area contributed by atoms with E-state index in [9.17, 15) is 0 Å². The van der Waals surface area contributed by atoms with Gasteiger partial charge in [-0.1, -0.05) is 0 Å². The van der Waals surface area contributed by atoms with Gasteiger partial charge in [0.25, 0.3) is 0 Å². The van der Waals surface area contributed by atoms with Crippen LogP contribution in [0.25, 0.3) is 0 Å². The van der Waals surface area contributed by atoms with E-state index in [0.717, 1.165) is 11.6 Å². The van der Waals surface area contributed by atoms with E-state index in [1.165, 1.54) is 19.3 Å². The molecule has 1 aromatic rings. The predicted molar refractivity (Wildman–Crippen MR) is 52.6 cm³/mol. The molecule has 1 N–H and O–H groups in total. The first kappa shape index (κ1) is 8.48. The Morgan fingerprint density at radius 1 is 1.46 bits per heavy atom. The Hall–Kier alpha value is -1.12. The highest BCUT2D eigenvalue weighted by molar-refractivity contribution is 5.37. The van der Waals surface area contributed by atoms with Gasteiger partial charge in [-0.3, -0.25) is 0 Å². The quantitative estimate of drug-likeness (QED) is 0.752. The lowest BCUT2D eigenvalue weighted by Gasteiger charge is -2.39. The maximum atomic E-state index is 4.32.